The predicted molar refractivity (Wildman–Crippen MR) is 107 cm³/mol. The first-order chi connectivity index (χ1) is 15.5. The van der Waals surface area contributed by atoms with Gasteiger partial charge in [-0.05, 0) is 0 Å². The summed E-state index contributed by atoms with van der Waals surface area (Å²) in [5.41, 5.74) is 2.87. The molecule has 0 radical (unpaired) electrons. The van der Waals surface area contributed by atoms with E-state index >= 15 is 0 Å². The van der Waals surface area contributed by atoms with Crippen molar-refractivity contribution in [3.05, 3.63) is 39.7 Å². The van der Waals surface area contributed by atoms with Crippen molar-refractivity contribution in [2.75, 3.05) is 12.3 Å². The third-order valence-electron chi connectivity index (χ3n) is 3.84. The molecule has 0 spiro atoms. The molecule has 1 aliphatic heterocycles. The molecule has 3 unspecified atom stereocenters. The number of aromatic amines is 1. The van der Waals surface area contributed by atoms with Gasteiger partial charge in [0.25, 0.3) is 5.56 Å². The Labute approximate surface area is 188 Å². The number of H-pyrrole nitrogens is 1. The number of rotatable bonds is 11. The lowest BCUT2D eigenvalue weighted by molar-refractivity contribution is -0.183. The Hall–Kier alpha value is -1.53. The minimum atomic E-state index is -5.88. The molecule has 7 atom stereocenters. The average molecular weight is 555 g/mol. The van der Waals surface area contributed by atoms with Gasteiger partial charge in [-0.25, -0.2) is 18.5 Å². The number of hydrogen-bond acceptors (Lipinski definition) is 13. The van der Waals surface area contributed by atoms with Gasteiger partial charge < -0.3 is 45.0 Å². The highest BCUT2D eigenvalue weighted by molar-refractivity contribution is 7.66. The lowest BCUT2D eigenvalue weighted by Crippen LogP contribution is -2.41. The van der Waals surface area contributed by atoms with Gasteiger partial charge in [-0.15, -0.1) is 6.58 Å². The number of hydrogen-bond donors (Lipinski definition) is 8. The summed E-state index contributed by atoms with van der Waals surface area (Å²) in [6, 6.07) is 0. The van der Waals surface area contributed by atoms with Crippen molar-refractivity contribution in [1.29, 1.82) is 0 Å². The topological polar surface area (TPSA) is 300 Å². The second kappa shape index (κ2) is 10.6. The number of aliphatic hydroxyl groups excluding tert-OH is 2. The normalized spacial score (nSPS) is 27.6. The first-order valence-electron chi connectivity index (χ1n) is 8.63. The van der Waals surface area contributed by atoms with E-state index in [4.69, 9.17) is 25.0 Å². The molecule has 1 fully saturated rings. The van der Waals surface area contributed by atoms with Gasteiger partial charge in [-0.2, -0.15) is 8.62 Å². The number of phosphoric acid groups is 3. The van der Waals surface area contributed by atoms with Gasteiger partial charge in [0.1, 0.15) is 24.0 Å². The number of nitrogens with zero attached hydrogens (tertiary/aromatic N) is 1. The van der Waals surface area contributed by atoms with Crippen molar-refractivity contribution in [3.8, 4) is 0 Å². The van der Waals surface area contributed by atoms with E-state index in [1.54, 1.807) is 0 Å². The zero-order valence-electron chi connectivity index (χ0n) is 16.6. The summed E-state index contributed by atoms with van der Waals surface area (Å²) in [5, 5.41) is 20.6. The van der Waals surface area contributed by atoms with Gasteiger partial charge in [-0.1, -0.05) is 6.08 Å². The molecule has 0 saturated carbocycles. The van der Waals surface area contributed by atoms with Gasteiger partial charge in [-0.3, -0.25) is 18.9 Å². The maximum Gasteiger partial charge on any atom is 0.490 e. The number of anilines is 1. The first kappa shape index (κ1) is 28.7. The van der Waals surface area contributed by atoms with E-state index in [1.807, 2.05) is 4.98 Å². The van der Waals surface area contributed by atoms with Crippen molar-refractivity contribution in [3.63, 3.8) is 0 Å². The lowest BCUT2D eigenvalue weighted by Gasteiger charge is -2.27. The monoisotopic (exact) mass is 555 g/mol. The minimum Gasteiger partial charge on any atom is -0.393 e. The van der Waals surface area contributed by atoms with Crippen molar-refractivity contribution in [2.24, 2.45) is 0 Å². The molecular weight excluding hydrogens is 535 g/mol. The summed E-state index contributed by atoms with van der Waals surface area (Å²) in [5.74, 6) is 0. The fourth-order valence-corrected chi connectivity index (χ4v) is 5.71. The van der Waals surface area contributed by atoms with Crippen LogP contribution in [-0.2, 0) is 36.3 Å². The Morgan fingerprint density at radius 1 is 1.15 bits per heavy atom. The second-order valence-corrected chi connectivity index (χ2v) is 10.8. The number of aliphatic hydroxyl groups is 2. The quantitative estimate of drug-likeness (QED) is 0.0802. The zero-order valence-corrected chi connectivity index (χ0v) is 19.3. The third kappa shape index (κ3) is 7.48. The van der Waals surface area contributed by atoms with Crippen LogP contribution in [0.4, 0.5) is 5.69 Å². The van der Waals surface area contributed by atoms with Crippen molar-refractivity contribution in [1.82, 2.24) is 9.55 Å². The minimum absolute atomic E-state index is 0.459. The largest absolute Gasteiger partial charge is 0.490 e. The lowest BCUT2D eigenvalue weighted by atomic mass is 10.1. The van der Waals surface area contributed by atoms with Gasteiger partial charge in [0.15, 0.2) is 12.5 Å². The molecule has 0 bridgehead atoms. The molecule has 0 aliphatic carbocycles. The number of nitrogen functional groups attached to an aromatic ring is 1. The van der Waals surface area contributed by atoms with Crippen molar-refractivity contribution in [2.45, 2.75) is 30.8 Å². The predicted octanol–water partition coefficient (Wildman–Crippen LogP) is -2.39. The number of nitrogens with two attached hydrogens (primary N) is 1. The van der Waals surface area contributed by atoms with E-state index in [1.165, 1.54) is 0 Å². The van der Waals surface area contributed by atoms with E-state index in [0.717, 1.165) is 12.3 Å². The molecule has 34 heavy (non-hydrogen) atoms. The fraction of sp³-hybridized carbons (Fsp3) is 0.500. The maximum atomic E-state index is 12.2. The van der Waals surface area contributed by atoms with E-state index in [0.29, 0.717) is 4.57 Å². The molecule has 1 saturated heterocycles. The Balaban J connectivity index is 2.31. The summed E-state index contributed by atoms with van der Waals surface area (Å²) < 4.78 is 57.0. The highest BCUT2D eigenvalue weighted by atomic mass is 31.3. The van der Waals surface area contributed by atoms with Gasteiger partial charge in [0.2, 0.25) is 0 Å². The van der Waals surface area contributed by atoms with Crippen LogP contribution < -0.4 is 17.0 Å². The van der Waals surface area contributed by atoms with Crippen LogP contribution in [-0.4, -0.2) is 70.5 Å². The van der Waals surface area contributed by atoms with Crippen LogP contribution in [0.15, 0.2) is 28.4 Å². The third-order valence-corrected chi connectivity index (χ3v) is 7.65. The summed E-state index contributed by atoms with van der Waals surface area (Å²) in [6.45, 7) is 2.84. The summed E-state index contributed by atoms with van der Waals surface area (Å²) in [6.07, 6.45) is -7.90. The van der Waals surface area contributed by atoms with Crippen LogP contribution in [0.3, 0.4) is 0 Å². The molecule has 0 amide bonds. The Morgan fingerprint density at radius 3 is 2.32 bits per heavy atom. The molecule has 194 valence electrons. The van der Waals surface area contributed by atoms with Crippen LogP contribution in [0, 0.1) is 0 Å². The van der Waals surface area contributed by atoms with E-state index in [2.05, 4.69) is 19.7 Å². The molecule has 0 aromatic carbocycles. The van der Waals surface area contributed by atoms with Crippen LogP contribution in [0.25, 0.3) is 0 Å². The summed E-state index contributed by atoms with van der Waals surface area (Å²) in [4.78, 5) is 61.4. The fourth-order valence-electron chi connectivity index (χ4n) is 2.61. The van der Waals surface area contributed by atoms with Crippen LogP contribution in [0.1, 0.15) is 6.23 Å². The molecule has 1 aromatic heterocycles. The van der Waals surface area contributed by atoms with Crippen LogP contribution in [0.5, 0.6) is 0 Å². The number of nitrogens with one attached hydrogen (secondary N) is 1. The standard InChI is InChI=1S/C12H20N3O16P3/c1-2-3-27-11(29-33(23,24)31-34(25,26)30-32(20,21)22)8-6(16)7(17)10(28-8)15-4-5(13)9(18)14-12(15)19/h2,4,6-8,10-11,16-17H,1,3,13H2,(H,23,24)(H,25,26)(H,14,18,19)(H2,20,21,22)/t6-,7+,8-,10+,11?/m0/s1. The summed E-state index contributed by atoms with van der Waals surface area (Å²) in [7, 11) is -17.3. The molecule has 1 aliphatic rings. The molecule has 9 N–H and O–H groups in total. The van der Waals surface area contributed by atoms with Gasteiger partial charge in [0, 0.05) is 6.20 Å². The molecule has 2 heterocycles. The Kier molecular flexibility index (Phi) is 8.96. The second-order valence-electron chi connectivity index (χ2n) is 6.41. The SMILES string of the molecule is C=CCOC(OP(=O)(O)OP(=O)(O)OP(=O)(O)O)[C@H]1O[C@@H](n2cc(N)c(=O)[nH]c2=O)[C@H](O)[C@@H]1O. The van der Waals surface area contributed by atoms with Gasteiger partial charge >= 0.3 is 29.2 Å². The summed E-state index contributed by atoms with van der Waals surface area (Å²) >= 11 is 0. The first-order valence-corrected chi connectivity index (χ1v) is 13.2. The van der Waals surface area contributed by atoms with Gasteiger partial charge in [0.05, 0.1) is 6.61 Å². The van der Waals surface area contributed by atoms with Crippen molar-refractivity contribution < 1.29 is 66.1 Å². The molecule has 1 aromatic rings. The molecule has 19 nitrogen and oxygen atoms in total. The molecule has 2 rings (SSSR count). The number of ether oxygens (including phenoxy) is 2. The van der Waals surface area contributed by atoms with Crippen LogP contribution >= 0.6 is 23.5 Å². The highest BCUT2D eigenvalue weighted by Gasteiger charge is 2.51. The Morgan fingerprint density at radius 2 is 1.76 bits per heavy atom. The van der Waals surface area contributed by atoms with E-state index in [-0.39, 0.29) is 0 Å². The Bertz CT molecular complexity index is 1160. The smallest absolute Gasteiger partial charge is 0.393 e. The maximum absolute atomic E-state index is 12.2. The van der Waals surface area contributed by atoms with E-state index < -0.39 is 77.8 Å². The molecular formula is C12H20N3O16P3. The highest BCUT2D eigenvalue weighted by Crippen LogP contribution is 2.66. The average Bonchev–Trinajstić information content (AvgIpc) is 2.94. The van der Waals surface area contributed by atoms with E-state index in [9.17, 15) is 43.3 Å². The number of aromatic nitrogens is 2. The van der Waals surface area contributed by atoms with Crippen LogP contribution in [0.2, 0.25) is 0 Å². The zero-order chi connectivity index (χ0) is 26.1. The van der Waals surface area contributed by atoms with Crippen molar-refractivity contribution >= 4 is 29.2 Å². The number of phosphoric ester groups is 1. The molecule has 22 heteroatoms.